The molecule has 0 saturated carbocycles. The summed E-state index contributed by atoms with van der Waals surface area (Å²) < 4.78 is 0. The highest BCUT2D eigenvalue weighted by molar-refractivity contribution is 6.36. The molecule has 0 aromatic heterocycles. The average molecular weight is 419 g/mol. The number of aryl methyl sites for hydroxylation is 1. The van der Waals surface area contributed by atoms with Gasteiger partial charge < -0.3 is 4.90 Å². The SMILES string of the molecule is O=C(NO)c1ccc2c(c1)C[C@]1(CC2)CCN(Cc2c(Cl)cccc2Cl)C1=O. The number of hydrogen-bond donors (Lipinski definition) is 2. The molecule has 2 aromatic carbocycles. The average Bonchev–Trinajstić information content (AvgIpc) is 2.99. The number of carbonyl (C=O) groups is 2. The molecule has 1 saturated heterocycles. The zero-order valence-corrected chi connectivity index (χ0v) is 16.7. The molecule has 1 heterocycles. The van der Waals surface area contributed by atoms with Crippen LogP contribution >= 0.6 is 23.2 Å². The molecule has 28 heavy (non-hydrogen) atoms. The Morgan fingerprint density at radius 2 is 1.89 bits per heavy atom. The molecule has 1 fully saturated rings. The van der Waals surface area contributed by atoms with Gasteiger partial charge in [0.05, 0.1) is 5.41 Å². The van der Waals surface area contributed by atoms with Gasteiger partial charge in [-0.1, -0.05) is 35.3 Å². The minimum Gasteiger partial charge on any atom is -0.338 e. The fourth-order valence-corrected chi connectivity index (χ4v) is 4.90. The number of fused-ring (bicyclic) bond motifs is 1. The summed E-state index contributed by atoms with van der Waals surface area (Å²) in [6, 6.07) is 10.7. The van der Waals surface area contributed by atoms with E-state index in [-0.39, 0.29) is 5.91 Å². The smallest absolute Gasteiger partial charge is 0.274 e. The molecule has 2 aliphatic rings. The number of hydroxylamine groups is 1. The van der Waals surface area contributed by atoms with Gasteiger partial charge in [-0.15, -0.1) is 0 Å². The first-order valence-electron chi connectivity index (χ1n) is 9.22. The summed E-state index contributed by atoms with van der Waals surface area (Å²) in [4.78, 5) is 26.9. The van der Waals surface area contributed by atoms with Crippen molar-refractivity contribution in [3.05, 3.63) is 68.7 Å². The van der Waals surface area contributed by atoms with Crippen molar-refractivity contribution in [2.24, 2.45) is 5.41 Å². The van der Waals surface area contributed by atoms with Gasteiger partial charge in [-0.25, -0.2) is 5.48 Å². The van der Waals surface area contributed by atoms with Gasteiger partial charge >= 0.3 is 0 Å². The van der Waals surface area contributed by atoms with Crippen molar-refractivity contribution in [1.82, 2.24) is 10.4 Å². The number of nitrogens with one attached hydrogen (secondary N) is 1. The minimum atomic E-state index is -0.546. The largest absolute Gasteiger partial charge is 0.338 e. The van der Waals surface area contributed by atoms with Gasteiger partial charge in [0.25, 0.3) is 5.91 Å². The maximum absolute atomic E-state index is 13.3. The molecule has 0 unspecified atom stereocenters. The summed E-state index contributed by atoms with van der Waals surface area (Å²) in [6.07, 6.45) is 2.95. The standard InChI is InChI=1S/C21H20Cl2N2O3/c22-17-2-1-3-18(23)16(17)12-25-9-8-21(20(25)27)7-6-13-4-5-14(19(26)24-28)10-15(13)11-21/h1-5,10,28H,6-9,11-12H2,(H,24,26)/t21-/m0/s1. The molecule has 2 aromatic rings. The second kappa shape index (κ2) is 7.39. The predicted octanol–water partition coefficient (Wildman–Crippen LogP) is 4.02. The molecule has 0 radical (unpaired) electrons. The first kappa shape index (κ1) is 19.2. The van der Waals surface area contributed by atoms with Crippen LogP contribution in [-0.4, -0.2) is 28.5 Å². The Labute approximate surface area is 173 Å². The van der Waals surface area contributed by atoms with Gasteiger partial charge in [-0.3, -0.25) is 14.8 Å². The lowest BCUT2D eigenvalue weighted by Crippen LogP contribution is -2.38. The lowest BCUT2D eigenvalue weighted by molar-refractivity contribution is -0.137. The number of carbonyl (C=O) groups excluding carboxylic acids is 2. The van der Waals surface area contributed by atoms with E-state index in [9.17, 15) is 9.59 Å². The van der Waals surface area contributed by atoms with Crippen LogP contribution in [0.15, 0.2) is 36.4 Å². The number of nitrogens with zero attached hydrogens (tertiary/aromatic N) is 1. The van der Waals surface area contributed by atoms with Crippen LogP contribution in [0.25, 0.3) is 0 Å². The van der Waals surface area contributed by atoms with Crippen molar-refractivity contribution in [1.29, 1.82) is 0 Å². The van der Waals surface area contributed by atoms with Crippen molar-refractivity contribution in [2.45, 2.75) is 32.2 Å². The minimum absolute atomic E-state index is 0.117. The van der Waals surface area contributed by atoms with E-state index < -0.39 is 11.3 Å². The molecular formula is C21H20Cl2N2O3. The van der Waals surface area contributed by atoms with Crippen LogP contribution in [0.2, 0.25) is 10.0 Å². The van der Waals surface area contributed by atoms with Crippen LogP contribution in [0.1, 0.15) is 39.9 Å². The lowest BCUT2D eigenvalue weighted by Gasteiger charge is -2.33. The number of rotatable bonds is 3. The molecule has 1 spiro atoms. The summed E-state index contributed by atoms with van der Waals surface area (Å²) in [5.74, 6) is -0.429. The monoisotopic (exact) mass is 418 g/mol. The molecule has 5 nitrogen and oxygen atoms in total. The van der Waals surface area contributed by atoms with Crippen molar-refractivity contribution in [2.75, 3.05) is 6.54 Å². The number of halogens is 2. The van der Waals surface area contributed by atoms with Gasteiger partial charge in [0.1, 0.15) is 0 Å². The van der Waals surface area contributed by atoms with E-state index in [1.807, 2.05) is 11.0 Å². The van der Waals surface area contributed by atoms with E-state index >= 15 is 0 Å². The van der Waals surface area contributed by atoms with Crippen LogP contribution in [0.4, 0.5) is 0 Å². The Hall–Kier alpha value is -2.08. The highest BCUT2D eigenvalue weighted by Crippen LogP contribution is 2.44. The second-order valence-corrected chi connectivity index (χ2v) is 8.37. The number of benzene rings is 2. The van der Waals surface area contributed by atoms with Gasteiger partial charge in [0.15, 0.2) is 0 Å². The molecule has 1 aliphatic carbocycles. The van der Waals surface area contributed by atoms with Gasteiger partial charge in [0, 0.05) is 34.3 Å². The van der Waals surface area contributed by atoms with Crippen molar-refractivity contribution in [3.8, 4) is 0 Å². The Morgan fingerprint density at radius 1 is 1.14 bits per heavy atom. The first-order valence-corrected chi connectivity index (χ1v) is 9.98. The third kappa shape index (κ3) is 3.28. The molecule has 0 bridgehead atoms. The summed E-state index contributed by atoms with van der Waals surface area (Å²) in [5, 5.41) is 10.0. The zero-order valence-electron chi connectivity index (χ0n) is 15.2. The maximum Gasteiger partial charge on any atom is 0.274 e. The van der Waals surface area contributed by atoms with E-state index in [4.69, 9.17) is 28.4 Å². The van der Waals surface area contributed by atoms with E-state index in [2.05, 4.69) is 0 Å². The van der Waals surface area contributed by atoms with Crippen LogP contribution in [0.5, 0.6) is 0 Å². The fraction of sp³-hybridized carbons (Fsp3) is 0.333. The topological polar surface area (TPSA) is 69.6 Å². The van der Waals surface area contributed by atoms with Crippen LogP contribution in [-0.2, 0) is 24.2 Å². The quantitative estimate of drug-likeness (QED) is 0.583. The third-order valence-electron chi connectivity index (χ3n) is 5.98. The maximum atomic E-state index is 13.3. The Balaban J connectivity index is 1.57. The molecule has 2 amide bonds. The van der Waals surface area contributed by atoms with Crippen LogP contribution in [0, 0.1) is 5.41 Å². The molecule has 146 valence electrons. The van der Waals surface area contributed by atoms with E-state index in [1.54, 1.807) is 35.8 Å². The highest BCUT2D eigenvalue weighted by atomic mass is 35.5. The number of hydrogen-bond acceptors (Lipinski definition) is 3. The Kier molecular flexibility index (Phi) is 5.08. The van der Waals surface area contributed by atoms with Crippen molar-refractivity contribution >= 4 is 35.0 Å². The summed E-state index contributed by atoms with van der Waals surface area (Å²) in [5.41, 5.74) is 4.53. The molecule has 1 atom stereocenters. The summed E-state index contributed by atoms with van der Waals surface area (Å²) in [7, 11) is 0. The van der Waals surface area contributed by atoms with Gasteiger partial charge in [-0.05, 0) is 61.1 Å². The van der Waals surface area contributed by atoms with E-state index in [1.165, 1.54) is 0 Å². The number of amides is 2. The normalized spacial score (nSPS) is 21.1. The lowest BCUT2D eigenvalue weighted by atomic mass is 9.70. The summed E-state index contributed by atoms with van der Waals surface area (Å²) >= 11 is 12.6. The number of likely N-dealkylation sites (tertiary alicyclic amines) is 1. The van der Waals surface area contributed by atoms with Crippen LogP contribution in [0.3, 0.4) is 0 Å². The third-order valence-corrected chi connectivity index (χ3v) is 6.69. The van der Waals surface area contributed by atoms with E-state index in [0.717, 1.165) is 36.0 Å². The molecule has 2 N–H and O–H groups in total. The van der Waals surface area contributed by atoms with Crippen molar-refractivity contribution < 1.29 is 14.8 Å². The fourth-order valence-electron chi connectivity index (χ4n) is 4.38. The van der Waals surface area contributed by atoms with Crippen molar-refractivity contribution in [3.63, 3.8) is 0 Å². The Morgan fingerprint density at radius 3 is 2.61 bits per heavy atom. The predicted molar refractivity (Wildman–Crippen MR) is 107 cm³/mol. The zero-order chi connectivity index (χ0) is 19.9. The van der Waals surface area contributed by atoms with Crippen LogP contribution < -0.4 is 5.48 Å². The molecular weight excluding hydrogens is 399 g/mol. The first-order chi connectivity index (χ1) is 13.4. The highest BCUT2D eigenvalue weighted by Gasteiger charge is 2.48. The molecule has 4 rings (SSSR count). The summed E-state index contributed by atoms with van der Waals surface area (Å²) in [6.45, 7) is 1.06. The van der Waals surface area contributed by atoms with E-state index in [0.29, 0.717) is 35.1 Å². The van der Waals surface area contributed by atoms with Gasteiger partial charge in [-0.2, -0.15) is 0 Å². The van der Waals surface area contributed by atoms with Gasteiger partial charge in [0.2, 0.25) is 5.91 Å². The second-order valence-electron chi connectivity index (χ2n) is 7.56. The molecule has 1 aliphatic heterocycles. The Bertz CT molecular complexity index is 942. The molecule has 7 heteroatoms.